The highest BCUT2D eigenvalue weighted by molar-refractivity contribution is 5.91. The van der Waals surface area contributed by atoms with Crippen LogP contribution >= 0.6 is 0 Å². The van der Waals surface area contributed by atoms with E-state index in [0.29, 0.717) is 39.3 Å². The van der Waals surface area contributed by atoms with Gasteiger partial charge in [-0.1, -0.05) is 24.3 Å². The van der Waals surface area contributed by atoms with Gasteiger partial charge in [0.25, 0.3) is 0 Å². The first kappa shape index (κ1) is 17.6. The molecule has 0 spiro atoms. The molecule has 27 heavy (non-hydrogen) atoms. The van der Waals surface area contributed by atoms with Crippen LogP contribution < -0.4 is 10.2 Å². The highest BCUT2D eigenvalue weighted by atomic mass is 19.1. The minimum atomic E-state index is -0.322. The fourth-order valence-corrected chi connectivity index (χ4v) is 3.36. The van der Waals surface area contributed by atoms with Crippen LogP contribution in [0.15, 0.2) is 52.9 Å². The number of fused-ring (bicyclic) bond motifs is 2. The summed E-state index contributed by atoms with van der Waals surface area (Å²) in [6.45, 7) is 1.32. The normalized spacial score (nSPS) is 12.1. The molecule has 2 heterocycles. The van der Waals surface area contributed by atoms with Gasteiger partial charge in [0.15, 0.2) is 5.76 Å². The number of nitrogens with zero attached hydrogens (tertiary/aromatic N) is 3. The molecule has 0 saturated carbocycles. The van der Waals surface area contributed by atoms with E-state index in [2.05, 4.69) is 4.98 Å². The molecule has 0 aliphatic heterocycles. The van der Waals surface area contributed by atoms with Gasteiger partial charge in [-0.05, 0) is 30.8 Å². The summed E-state index contributed by atoms with van der Waals surface area (Å²) >= 11 is 0. The van der Waals surface area contributed by atoms with Gasteiger partial charge < -0.3 is 10.2 Å². The van der Waals surface area contributed by atoms with Crippen molar-refractivity contribution in [1.29, 1.82) is 0 Å². The van der Waals surface area contributed by atoms with Crippen molar-refractivity contribution in [2.75, 3.05) is 27.2 Å². The van der Waals surface area contributed by atoms with E-state index in [-0.39, 0.29) is 5.82 Å². The molecule has 4 rings (SSSR count). The second kappa shape index (κ2) is 6.72. The molecule has 2 N–H and O–H groups in total. The Hall–Kier alpha value is -2.83. The average Bonchev–Trinajstić information content (AvgIpc) is 3.10. The number of rotatable bonds is 5. The van der Waals surface area contributed by atoms with Gasteiger partial charge in [0.2, 0.25) is 11.6 Å². The molecule has 6 heteroatoms. The number of para-hydroxylation sites is 1. The Morgan fingerprint density at radius 1 is 1.07 bits per heavy atom. The van der Waals surface area contributed by atoms with E-state index in [4.69, 9.17) is 15.1 Å². The van der Waals surface area contributed by atoms with Crippen molar-refractivity contribution in [1.82, 2.24) is 14.5 Å². The summed E-state index contributed by atoms with van der Waals surface area (Å²) in [5.74, 6) is 1.33. The van der Waals surface area contributed by atoms with Gasteiger partial charge in [-0.15, -0.1) is 0 Å². The summed E-state index contributed by atoms with van der Waals surface area (Å²) in [7, 11) is 4.01. The van der Waals surface area contributed by atoms with Gasteiger partial charge in [0, 0.05) is 11.8 Å². The van der Waals surface area contributed by atoms with Crippen molar-refractivity contribution >= 4 is 27.7 Å². The number of aromatic nitrogens is 2. The van der Waals surface area contributed by atoms with Crippen LogP contribution in [0, 0.1) is 5.82 Å². The zero-order valence-corrected chi connectivity index (χ0v) is 15.4. The van der Waals surface area contributed by atoms with E-state index >= 15 is 0 Å². The topological polar surface area (TPSA) is 64.9 Å². The molecule has 5 nitrogen and oxygen atoms in total. The molecular formula is C21H22FN4O+. The molecule has 2 aromatic carbocycles. The lowest BCUT2D eigenvalue weighted by Gasteiger charge is -2.29. The van der Waals surface area contributed by atoms with Crippen LogP contribution in [0.3, 0.4) is 0 Å². The molecule has 0 aliphatic rings. The van der Waals surface area contributed by atoms with Crippen LogP contribution in [-0.4, -0.2) is 37.2 Å². The number of hydrogen-bond donors (Lipinski definition) is 1. The van der Waals surface area contributed by atoms with Gasteiger partial charge in [0.05, 0.1) is 26.2 Å². The quantitative estimate of drug-likeness (QED) is 0.541. The Morgan fingerprint density at radius 2 is 1.89 bits per heavy atom. The Kier molecular flexibility index (Phi) is 4.37. The van der Waals surface area contributed by atoms with Crippen LogP contribution in [0.4, 0.5) is 10.2 Å². The lowest BCUT2D eigenvalue weighted by Crippen LogP contribution is -2.43. The van der Waals surface area contributed by atoms with Crippen molar-refractivity contribution in [2.24, 2.45) is 5.73 Å². The molecule has 0 aliphatic carbocycles. The highest BCUT2D eigenvalue weighted by Crippen LogP contribution is 2.33. The van der Waals surface area contributed by atoms with E-state index in [1.54, 1.807) is 12.1 Å². The zero-order chi connectivity index (χ0) is 19.0. The smallest absolute Gasteiger partial charge is 0.241 e. The minimum absolute atomic E-state index is 0.322. The average molecular weight is 365 g/mol. The fraction of sp³-hybridized carbons (Fsp3) is 0.238. The Balaban J connectivity index is 1.95. The summed E-state index contributed by atoms with van der Waals surface area (Å²) < 4.78 is 21.0. The molecule has 0 unspecified atom stereocenters. The van der Waals surface area contributed by atoms with Crippen molar-refractivity contribution < 1.29 is 8.81 Å². The van der Waals surface area contributed by atoms with Gasteiger partial charge >= 0.3 is 0 Å². The standard InChI is InChI=1S/C21H22FN4O/c1-26(2,12-6-11-23)21-19-15(22)8-5-9-16(19)24-20(25-21)18-13-14-7-3-4-10-17(14)27-18/h3-5,7-10,13H,6,11-12,23H2,1-2H3/q+1. The molecule has 138 valence electrons. The summed E-state index contributed by atoms with van der Waals surface area (Å²) in [4.78, 5) is 9.31. The maximum absolute atomic E-state index is 14.7. The molecule has 4 aromatic rings. The van der Waals surface area contributed by atoms with Crippen LogP contribution in [-0.2, 0) is 0 Å². The summed E-state index contributed by atoms with van der Waals surface area (Å²) in [6, 6.07) is 14.6. The SMILES string of the molecule is C[N+](C)(CCCN)c1nc(-c2cc3ccccc3o2)nc2cccc(F)c12. The van der Waals surface area contributed by atoms with Gasteiger partial charge in [-0.3, -0.25) is 4.48 Å². The molecule has 0 atom stereocenters. The van der Waals surface area contributed by atoms with E-state index in [9.17, 15) is 4.39 Å². The first-order valence-electron chi connectivity index (χ1n) is 8.98. The Bertz CT molecular complexity index is 1090. The van der Waals surface area contributed by atoms with E-state index in [1.807, 2.05) is 44.4 Å². The molecule has 0 fully saturated rings. The summed E-state index contributed by atoms with van der Waals surface area (Å²) in [6.07, 6.45) is 0.812. The summed E-state index contributed by atoms with van der Waals surface area (Å²) in [5, 5.41) is 1.42. The first-order valence-corrected chi connectivity index (χ1v) is 8.98. The third kappa shape index (κ3) is 3.18. The molecule has 2 aromatic heterocycles. The van der Waals surface area contributed by atoms with Crippen molar-refractivity contribution in [3.63, 3.8) is 0 Å². The number of benzene rings is 2. The molecule has 0 bridgehead atoms. The summed E-state index contributed by atoms with van der Waals surface area (Å²) in [5.41, 5.74) is 7.02. The number of quaternary nitrogens is 1. The monoisotopic (exact) mass is 365 g/mol. The first-order chi connectivity index (χ1) is 13.0. The molecular weight excluding hydrogens is 343 g/mol. The number of nitrogens with two attached hydrogens (primary N) is 1. The van der Waals surface area contributed by atoms with Crippen LogP contribution in [0.1, 0.15) is 6.42 Å². The number of furan rings is 1. The van der Waals surface area contributed by atoms with Crippen molar-refractivity contribution in [3.8, 4) is 11.6 Å². The van der Waals surface area contributed by atoms with Crippen LogP contribution in [0.2, 0.25) is 0 Å². The third-order valence-corrected chi connectivity index (χ3v) is 4.79. The van der Waals surface area contributed by atoms with E-state index < -0.39 is 0 Å². The van der Waals surface area contributed by atoms with E-state index in [0.717, 1.165) is 23.9 Å². The predicted molar refractivity (Wildman–Crippen MR) is 107 cm³/mol. The molecule has 0 amide bonds. The molecule has 0 radical (unpaired) electrons. The Labute approximate surface area is 156 Å². The highest BCUT2D eigenvalue weighted by Gasteiger charge is 2.28. The van der Waals surface area contributed by atoms with Gasteiger partial charge in [-0.2, -0.15) is 4.98 Å². The van der Waals surface area contributed by atoms with Crippen molar-refractivity contribution in [2.45, 2.75) is 6.42 Å². The van der Waals surface area contributed by atoms with Gasteiger partial charge in [0.1, 0.15) is 16.8 Å². The minimum Gasteiger partial charge on any atom is -0.453 e. The predicted octanol–water partition coefficient (Wildman–Crippen LogP) is 4.10. The third-order valence-electron chi connectivity index (χ3n) is 4.79. The zero-order valence-electron chi connectivity index (χ0n) is 15.4. The number of hydrogen-bond acceptors (Lipinski definition) is 4. The second-order valence-corrected chi connectivity index (χ2v) is 7.20. The van der Waals surface area contributed by atoms with Crippen LogP contribution in [0.5, 0.6) is 0 Å². The van der Waals surface area contributed by atoms with Gasteiger partial charge in [-0.25, -0.2) is 9.37 Å². The van der Waals surface area contributed by atoms with Crippen LogP contribution in [0.25, 0.3) is 33.5 Å². The van der Waals surface area contributed by atoms with Crippen molar-refractivity contribution in [3.05, 3.63) is 54.3 Å². The van der Waals surface area contributed by atoms with E-state index in [1.165, 1.54) is 6.07 Å². The maximum atomic E-state index is 14.7. The Morgan fingerprint density at radius 3 is 2.67 bits per heavy atom. The second-order valence-electron chi connectivity index (χ2n) is 7.20. The largest absolute Gasteiger partial charge is 0.453 e. The fourth-order valence-electron chi connectivity index (χ4n) is 3.36. The maximum Gasteiger partial charge on any atom is 0.241 e. The lowest BCUT2D eigenvalue weighted by atomic mass is 10.2. The molecule has 0 saturated heterocycles. The lowest BCUT2D eigenvalue weighted by molar-refractivity contribution is 0.385. The number of halogens is 1.